The Labute approximate surface area is 108 Å². The predicted octanol–water partition coefficient (Wildman–Crippen LogP) is 1.47. The molecule has 2 atom stereocenters. The fourth-order valence-corrected chi connectivity index (χ4v) is 2.92. The highest BCUT2D eigenvalue weighted by Gasteiger charge is 2.35. The molecule has 3 heterocycles. The summed E-state index contributed by atoms with van der Waals surface area (Å²) in [6.45, 7) is 10.3. The third-order valence-corrected chi connectivity index (χ3v) is 3.91. The lowest BCUT2D eigenvalue weighted by molar-refractivity contribution is 0.192. The summed E-state index contributed by atoms with van der Waals surface area (Å²) in [5.74, 6) is 2.65. The molecule has 0 amide bonds. The zero-order valence-corrected chi connectivity index (χ0v) is 11.4. The second-order valence-electron chi connectivity index (χ2n) is 6.38. The van der Waals surface area contributed by atoms with E-state index in [1.54, 1.807) is 0 Å². The minimum atomic E-state index is 0.161. The van der Waals surface area contributed by atoms with Crippen molar-refractivity contribution in [2.75, 3.05) is 19.8 Å². The minimum Gasteiger partial charge on any atom is -0.381 e. The average molecular weight is 250 g/mol. The van der Waals surface area contributed by atoms with Gasteiger partial charge in [-0.2, -0.15) is 0 Å². The van der Waals surface area contributed by atoms with E-state index in [4.69, 9.17) is 4.74 Å². The van der Waals surface area contributed by atoms with E-state index in [0.29, 0.717) is 5.92 Å². The molecule has 5 heteroatoms. The highest BCUT2D eigenvalue weighted by atomic mass is 16.5. The molecule has 2 aliphatic rings. The van der Waals surface area contributed by atoms with E-state index in [0.717, 1.165) is 44.4 Å². The molecule has 1 fully saturated rings. The molecule has 1 aromatic heterocycles. The molecule has 1 N–H and O–H groups in total. The van der Waals surface area contributed by atoms with Crippen LogP contribution in [0.5, 0.6) is 0 Å². The van der Waals surface area contributed by atoms with Crippen molar-refractivity contribution in [3.63, 3.8) is 0 Å². The second-order valence-corrected chi connectivity index (χ2v) is 6.38. The molecule has 0 spiro atoms. The van der Waals surface area contributed by atoms with Gasteiger partial charge in [0.05, 0.1) is 12.6 Å². The number of hydrogen-bond acceptors (Lipinski definition) is 4. The molecule has 0 saturated carbocycles. The van der Waals surface area contributed by atoms with Crippen LogP contribution in [-0.4, -0.2) is 34.5 Å². The first-order valence-corrected chi connectivity index (χ1v) is 6.81. The SMILES string of the molecule is CC(C)(C)C1NCCn2c(C3CCOC3)nnc21. The summed E-state index contributed by atoms with van der Waals surface area (Å²) in [7, 11) is 0. The third kappa shape index (κ3) is 1.95. The Kier molecular flexibility index (Phi) is 2.90. The van der Waals surface area contributed by atoms with Crippen molar-refractivity contribution in [3.05, 3.63) is 11.6 Å². The monoisotopic (exact) mass is 250 g/mol. The lowest BCUT2D eigenvalue weighted by Gasteiger charge is -2.34. The van der Waals surface area contributed by atoms with E-state index >= 15 is 0 Å². The minimum absolute atomic E-state index is 0.161. The second kappa shape index (κ2) is 4.31. The first-order chi connectivity index (χ1) is 8.57. The largest absolute Gasteiger partial charge is 0.381 e. The van der Waals surface area contributed by atoms with Crippen LogP contribution in [0.25, 0.3) is 0 Å². The number of ether oxygens (including phenoxy) is 1. The van der Waals surface area contributed by atoms with Crippen molar-refractivity contribution in [1.82, 2.24) is 20.1 Å². The number of rotatable bonds is 1. The molecule has 1 saturated heterocycles. The van der Waals surface area contributed by atoms with Crippen LogP contribution in [0.4, 0.5) is 0 Å². The van der Waals surface area contributed by atoms with Crippen molar-refractivity contribution in [3.8, 4) is 0 Å². The molecule has 5 nitrogen and oxygen atoms in total. The Bertz CT molecular complexity index is 429. The number of nitrogens with one attached hydrogen (secondary N) is 1. The summed E-state index contributed by atoms with van der Waals surface area (Å²) >= 11 is 0. The number of aromatic nitrogens is 3. The van der Waals surface area contributed by atoms with Gasteiger partial charge in [0.15, 0.2) is 5.82 Å². The molecule has 2 aliphatic heterocycles. The van der Waals surface area contributed by atoms with Gasteiger partial charge in [0.1, 0.15) is 5.82 Å². The van der Waals surface area contributed by atoms with Gasteiger partial charge in [-0.05, 0) is 11.8 Å². The van der Waals surface area contributed by atoms with Crippen LogP contribution in [0.2, 0.25) is 0 Å². The molecule has 100 valence electrons. The molecule has 2 unspecified atom stereocenters. The topological polar surface area (TPSA) is 52.0 Å². The van der Waals surface area contributed by atoms with Gasteiger partial charge in [-0.3, -0.25) is 0 Å². The molecular weight excluding hydrogens is 228 g/mol. The Balaban J connectivity index is 1.95. The first kappa shape index (κ1) is 12.1. The van der Waals surface area contributed by atoms with Gasteiger partial charge < -0.3 is 14.6 Å². The summed E-state index contributed by atoms with van der Waals surface area (Å²) in [5, 5.41) is 12.4. The molecule has 0 aliphatic carbocycles. The van der Waals surface area contributed by atoms with Crippen molar-refractivity contribution in [2.45, 2.75) is 45.7 Å². The van der Waals surface area contributed by atoms with E-state index in [9.17, 15) is 0 Å². The molecule has 3 rings (SSSR count). The van der Waals surface area contributed by atoms with E-state index < -0.39 is 0 Å². The van der Waals surface area contributed by atoms with E-state index in [1.165, 1.54) is 0 Å². The van der Waals surface area contributed by atoms with Gasteiger partial charge in [-0.25, -0.2) is 0 Å². The van der Waals surface area contributed by atoms with E-state index in [2.05, 4.69) is 40.9 Å². The number of hydrogen-bond donors (Lipinski definition) is 1. The van der Waals surface area contributed by atoms with Gasteiger partial charge in [0.25, 0.3) is 0 Å². The summed E-state index contributed by atoms with van der Waals surface area (Å²) in [4.78, 5) is 0. The summed E-state index contributed by atoms with van der Waals surface area (Å²) in [6, 6.07) is 0.287. The van der Waals surface area contributed by atoms with Crippen LogP contribution in [0.15, 0.2) is 0 Å². The Morgan fingerprint density at radius 2 is 2.06 bits per heavy atom. The maximum absolute atomic E-state index is 5.47. The number of fused-ring (bicyclic) bond motifs is 1. The van der Waals surface area contributed by atoms with Gasteiger partial charge in [0.2, 0.25) is 0 Å². The van der Waals surface area contributed by atoms with Crippen LogP contribution in [0, 0.1) is 5.41 Å². The van der Waals surface area contributed by atoms with E-state index in [1.807, 2.05) is 0 Å². The predicted molar refractivity (Wildman–Crippen MR) is 68.4 cm³/mol. The van der Waals surface area contributed by atoms with Crippen molar-refractivity contribution in [1.29, 1.82) is 0 Å². The highest BCUT2D eigenvalue weighted by Crippen LogP contribution is 2.35. The molecule has 0 radical (unpaired) electrons. The van der Waals surface area contributed by atoms with Crippen LogP contribution in [0.3, 0.4) is 0 Å². The van der Waals surface area contributed by atoms with Gasteiger partial charge in [0, 0.05) is 25.6 Å². The standard InChI is InChI=1S/C13H22N4O/c1-13(2,3)10-12-16-15-11(9-4-7-18-8-9)17(12)6-5-14-10/h9-10,14H,4-8H2,1-3H3. The first-order valence-electron chi connectivity index (χ1n) is 6.81. The molecule has 0 aromatic carbocycles. The van der Waals surface area contributed by atoms with Gasteiger partial charge in [-0.1, -0.05) is 20.8 Å². The summed E-state index contributed by atoms with van der Waals surface area (Å²) in [6.07, 6.45) is 1.08. The lowest BCUT2D eigenvalue weighted by Crippen LogP contribution is -2.41. The fourth-order valence-electron chi connectivity index (χ4n) is 2.92. The molecule has 0 bridgehead atoms. The summed E-state index contributed by atoms with van der Waals surface area (Å²) in [5.41, 5.74) is 0.161. The third-order valence-electron chi connectivity index (χ3n) is 3.91. The molecule has 18 heavy (non-hydrogen) atoms. The Hall–Kier alpha value is -0.940. The van der Waals surface area contributed by atoms with Crippen molar-refractivity contribution in [2.24, 2.45) is 5.41 Å². The maximum Gasteiger partial charge on any atom is 0.150 e. The Morgan fingerprint density at radius 1 is 1.28 bits per heavy atom. The van der Waals surface area contributed by atoms with E-state index in [-0.39, 0.29) is 11.5 Å². The maximum atomic E-state index is 5.47. The average Bonchev–Trinajstić information content (AvgIpc) is 2.95. The Morgan fingerprint density at radius 3 is 2.72 bits per heavy atom. The fraction of sp³-hybridized carbons (Fsp3) is 0.846. The van der Waals surface area contributed by atoms with Crippen LogP contribution in [0.1, 0.15) is 50.8 Å². The van der Waals surface area contributed by atoms with Crippen LogP contribution >= 0.6 is 0 Å². The zero-order valence-electron chi connectivity index (χ0n) is 11.4. The van der Waals surface area contributed by atoms with Gasteiger partial charge in [-0.15, -0.1) is 10.2 Å². The van der Waals surface area contributed by atoms with Gasteiger partial charge >= 0.3 is 0 Å². The van der Waals surface area contributed by atoms with Crippen LogP contribution in [-0.2, 0) is 11.3 Å². The molecule has 1 aromatic rings. The lowest BCUT2D eigenvalue weighted by atomic mass is 9.85. The smallest absolute Gasteiger partial charge is 0.150 e. The van der Waals surface area contributed by atoms with Crippen molar-refractivity contribution < 1.29 is 4.74 Å². The highest BCUT2D eigenvalue weighted by molar-refractivity contribution is 5.11. The van der Waals surface area contributed by atoms with Crippen molar-refractivity contribution >= 4 is 0 Å². The quantitative estimate of drug-likeness (QED) is 0.820. The van der Waals surface area contributed by atoms with Crippen LogP contribution < -0.4 is 5.32 Å². The summed E-state index contributed by atoms with van der Waals surface area (Å²) < 4.78 is 7.78. The zero-order chi connectivity index (χ0) is 12.8. The number of nitrogens with zero attached hydrogens (tertiary/aromatic N) is 3. The normalized spacial score (nSPS) is 28.4. The molecular formula is C13H22N4O.